The van der Waals surface area contributed by atoms with E-state index in [9.17, 15) is 4.39 Å². The average molecular weight is 248 g/mol. The van der Waals surface area contributed by atoms with Crippen molar-refractivity contribution in [2.24, 2.45) is 0 Å². The van der Waals surface area contributed by atoms with Crippen molar-refractivity contribution < 1.29 is 4.39 Å². The molecule has 0 fully saturated rings. The van der Waals surface area contributed by atoms with Gasteiger partial charge in [0, 0.05) is 18.7 Å². The molecule has 0 heterocycles. The fraction of sp³-hybridized carbons (Fsp3) is 0.467. The van der Waals surface area contributed by atoms with Crippen LogP contribution >= 0.6 is 0 Å². The molecule has 0 saturated heterocycles. The third-order valence-corrected chi connectivity index (χ3v) is 2.85. The minimum absolute atomic E-state index is 0.161. The molecule has 0 amide bonds. The summed E-state index contributed by atoms with van der Waals surface area (Å²) >= 11 is 0. The molecule has 0 unspecified atom stereocenters. The molecule has 1 aromatic rings. The minimum Gasteiger partial charge on any atom is -0.313 e. The topological polar surface area (TPSA) is 15.3 Å². The van der Waals surface area contributed by atoms with E-state index in [1.54, 1.807) is 0 Å². The second-order valence-corrected chi connectivity index (χ2v) is 4.21. The summed E-state index contributed by atoms with van der Waals surface area (Å²) in [6, 6.07) is 5.27. The number of benzene rings is 1. The van der Waals surface area contributed by atoms with Crippen LogP contribution < -0.4 is 5.32 Å². The third-order valence-electron chi connectivity index (χ3n) is 2.85. The monoisotopic (exact) mass is 248 g/mol. The first-order valence-corrected chi connectivity index (χ1v) is 6.35. The highest BCUT2D eigenvalue weighted by Crippen LogP contribution is 2.13. The van der Waals surface area contributed by atoms with Gasteiger partial charge in [-0.15, -0.1) is 6.42 Å². The predicted molar refractivity (Wildman–Crippen MR) is 73.6 cm³/mol. The van der Waals surface area contributed by atoms with Gasteiger partial charge in [0.05, 0.1) is 6.54 Å². The highest BCUT2D eigenvalue weighted by atomic mass is 19.1. The Morgan fingerprint density at radius 1 is 1.39 bits per heavy atom. The number of hydrogen-bond donors (Lipinski definition) is 1. The maximum absolute atomic E-state index is 13.7. The lowest BCUT2D eigenvalue weighted by molar-refractivity contribution is 0.310. The van der Waals surface area contributed by atoms with Gasteiger partial charge in [-0.05, 0) is 24.7 Å². The summed E-state index contributed by atoms with van der Waals surface area (Å²) in [5.74, 6) is 2.44. The van der Waals surface area contributed by atoms with Gasteiger partial charge in [-0.2, -0.15) is 0 Å². The van der Waals surface area contributed by atoms with Crippen LogP contribution in [0, 0.1) is 18.2 Å². The second-order valence-electron chi connectivity index (χ2n) is 4.21. The standard InChI is InChI=1S/C15H21FN2/c1-4-9-18(6-3)12-14-10-13(11-17-5-2)7-8-15(14)16/h1,7-8,10,17H,5-6,9,11-12H2,2-3H3. The smallest absolute Gasteiger partial charge is 0.127 e. The largest absolute Gasteiger partial charge is 0.313 e. The molecule has 3 heteroatoms. The van der Waals surface area contributed by atoms with Crippen molar-refractivity contribution >= 4 is 0 Å². The SMILES string of the molecule is C#CCN(CC)Cc1cc(CNCC)ccc1F. The molecule has 0 aliphatic rings. The summed E-state index contributed by atoms with van der Waals surface area (Å²) in [5.41, 5.74) is 1.81. The highest BCUT2D eigenvalue weighted by Gasteiger charge is 2.08. The number of rotatable bonds is 7. The van der Waals surface area contributed by atoms with Crippen LogP contribution in [0.4, 0.5) is 4.39 Å². The Balaban J connectivity index is 2.76. The zero-order chi connectivity index (χ0) is 13.4. The molecule has 18 heavy (non-hydrogen) atoms. The zero-order valence-electron chi connectivity index (χ0n) is 11.2. The maximum atomic E-state index is 13.7. The molecule has 2 nitrogen and oxygen atoms in total. The van der Waals surface area contributed by atoms with Gasteiger partial charge in [-0.1, -0.05) is 31.9 Å². The van der Waals surface area contributed by atoms with Gasteiger partial charge in [-0.25, -0.2) is 4.39 Å². The van der Waals surface area contributed by atoms with Crippen LogP contribution in [0.3, 0.4) is 0 Å². The molecule has 0 aromatic heterocycles. The van der Waals surface area contributed by atoms with Crippen LogP contribution in [0.15, 0.2) is 18.2 Å². The van der Waals surface area contributed by atoms with Crippen molar-refractivity contribution in [3.63, 3.8) is 0 Å². The maximum Gasteiger partial charge on any atom is 0.127 e. The molecule has 0 radical (unpaired) electrons. The van der Waals surface area contributed by atoms with Crippen LogP contribution in [0.5, 0.6) is 0 Å². The van der Waals surface area contributed by atoms with Gasteiger partial charge < -0.3 is 5.32 Å². The predicted octanol–water partition coefficient (Wildman–Crippen LogP) is 2.39. The summed E-state index contributed by atoms with van der Waals surface area (Å²) < 4.78 is 13.7. The first kappa shape index (κ1) is 14.7. The molecule has 1 aromatic carbocycles. The first-order valence-electron chi connectivity index (χ1n) is 6.35. The first-order chi connectivity index (χ1) is 8.71. The second kappa shape index (κ2) is 7.86. The Hall–Kier alpha value is -1.37. The van der Waals surface area contributed by atoms with Crippen LogP contribution in [-0.4, -0.2) is 24.5 Å². The normalized spacial score (nSPS) is 10.6. The molecule has 98 valence electrons. The molecule has 0 atom stereocenters. The van der Waals surface area contributed by atoms with Crippen molar-refractivity contribution in [3.05, 3.63) is 35.1 Å². The summed E-state index contributed by atoms with van der Waals surface area (Å²) in [6.45, 7) is 7.69. The lowest BCUT2D eigenvalue weighted by atomic mass is 10.1. The average Bonchev–Trinajstić information content (AvgIpc) is 2.38. The van der Waals surface area contributed by atoms with E-state index in [2.05, 4.69) is 18.2 Å². The third kappa shape index (κ3) is 4.48. The molecule has 0 aliphatic carbocycles. The summed E-state index contributed by atoms with van der Waals surface area (Å²) in [7, 11) is 0. The highest BCUT2D eigenvalue weighted by molar-refractivity contribution is 5.25. The number of nitrogens with one attached hydrogen (secondary N) is 1. The number of terminal acetylenes is 1. The minimum atomic E-state index is -0.161. The van der Waals surface area contributed by atoms with Crippen molar-refractivity contribution in [2.75, 3.05) is 19.6 Å². The van der Waals surface area contributed by atoms with Crippen LogP contribution in [0.1, 0.15) is 25.0 Å². The van der Waals surface area contributed by atoms with Gasteiger partial charge in [0.1, 0.15) is 5.82 Å². The molecule has 0 aliphatic heterocycles. The van der Waals surface area contributed by atoms with Gasteiger partial charge >= 0.3 is 0 Å². The fourth-order valence-electron chi connectivity index (χ4n) is 1.78. The van der Waals surface area contributed by atoms with Gasteiger partial charge in [0.25, 0.3) is 0 Å². The lowest BCUT2D eigenvalue weighted by Gasteiger charge is -2.18. The van der Waals surface area contributed by atoms with Crippen molar-refractivity contribution in [2.45, 2.75) is 26.9 Å². The summed E-state index contributed by atoms with van der Waals surface area (Å²) in [6.07, 6.45) is 5.30. The van der Waals surface area contributed by atoms with E-state index in [0.717, 1.165) is 25.2 Å². The molecule has 1 rings (SSSR count). The van der Waals surface area contributed by atoms with Gasteiger partial charge in [0.2, 0.25) is 0 Å². The quantitative estimate of drug-likeness (QED) is 0.745. The van der Waals surface area contributed by atoms with Crippen LogP contribution in [0.25, 0.3) is 0 Å². The van der Waals surface area contributed by atoms with E-state index in [4.69, 9.17) is 6.42 Å². The Kier molecular flexibility index (Phi) is 6.42. The molecule has 0 bridgehead atoms. The van der Waals surface area contributed by atoms with Gasteiger partial charge in [0.15, 0.2) is 0 Å². The van der Waals surface area contributed by atoms with Crippen molar-refractivity contribution in [3.8, 4) is 12.3 Å². The number of hydrogen-bond acceptors (Lipinski definition) is 2. The van der Waals surface area contributed by atoms with Crippen LogP contribution in [-0.2, 0) is 13.1 Å². The Morgan fingerprint density at radius 3 is 2.78 bits per heavy atom. The van der Waals surface area contributed by atoms with E-state index in [0.29, 0.717) is 18.7 Å². The van der Waals surface area contributed by atoms with E-state index >= 15 is 0 Å². The van der Waals surface area contributed by atoms with Crippen LogP contribution in [0.2, 0.25) is 0 Å². The van der Waals surface area contributed by atoms with E-state index in [-0.39, 0.29) is 5.82 Å². The summed E-state index contributed by atoms with van der Waals surface area (Å²) in [5, 5.41) is 3.24. The van der Waals surface area contributed by atoms with E-state index in [1.807, 2.05) is 24.0 Å². The number of halogens is 1. The Morgan fingerprint density at radius 2 is 2.17 bits per heavy atom. The molecule has 1 N–H and O–H groups in total. The lowest BCUT2D eigenvalue weighted by Crippen LogP contribution is -2.23. The van der Waals surface area contributed by atoms with Crippen molar-refractivity contribution in [1.82, 2.24) is 10.2 Å². The van der Waals surface area contributed by atoms with Crippen molar-refractivity contribution in [1.29, 1.82) is 0 Å². The number of nitrogens with zero attached hydrogens (tertiary/aromatic N) is 1. The fourth-order valence-corrected chi connectivity index (χ4v) is 1.78. The zero-order valence-corrected chi connectivity index (χ0v) is 11.2. The van der Waals surface area contributed by atoms with E-state index < -0.39 is 0 Å². The Labute approximate surface area is 109 Å². The molecular formula is C15H21FN2. The summed E-state index contributed by atoms with van der Waals surface area (Å²) in [4.78, 5) is 2.04. The molecule has 0 saturated carbocycles. The van der Waals surface area contributed by atoms with E-state index in [1.165, 1.54) is 6.07 Å². The van der Waals surface area contributed by atoms with Gasteiger partial charge in [-0.3, -0.25) is 4.90 Å². The molecule has 0 spiro atoms. The Bertz CT molecular complexity index is 409. The molecular weight excluding hydrogens is 227 g/mol.